The standard InChI is InChI=1S/C8H6BFO2S/c10-7-3-5-1-2-13-8(5)4-6(7)9(11)12/h1-4,11-12H. The summed E-state index contributed by atoms with van der Waals surface area (Å²) in [4.78, 5) is 0. The molecule has 0 aliphatic carbocycles. The van der Waals surface area contributed by atoms with Crippen LogP contribution in [0.15, 0.2) is 23.6 Å². The average Bonchev–Trinajstić information content (AvgIpc) is 2.48. The van der Waals surface area contributed by atoms with Crippen LogP contribution in [0.1, 0.15) is 0 Å². The first-order chi connectivity index (χ1) is 6.18. The van der Waals surface area contributed by atoms with Gasteiger partial charge in [-0.2, -0.15) is 0 Å². The zero-order chi connectivity index (χ0) is 9.42. The molecule has 0 saturated heterocycles. The summed E-state index contributed by atoms with van der Waals surface area (Å²) in [6.07, 6.45) is 0. The molecule has 2 nitrogen and oxygen atoms in total. The van der Waals surface area contributed by atoms with Crippen molar-refractivity contribution in [3.63, 3.8) is 0 Å². The summed E-state index contributed by atoms with van der Waals surface area (Å²) < 4.78 is 14.0. The number of hydrogen-bond donors (Lipinski definition) is 2. The Hall–Kier alpha value is -0.905. The molecule has 13 heavy (non-hydrogen) atoms. The van der Waals surface area contributed by atoms with Crippen LogP contribution in [0.4, 0.5) is 4.39 Å². The molecule has 2 rings (SSSR count). The third-order valence-corrected chi connectivity index (χ3v) is 2.73. The van der Waals surface area contributed by atoms with E-state index in [-0.39, 0.29) is 5.46 Å². The molecular weight excluding hydrogens is 190 g/mol. The molecule has 66 valence electrons. The molecule has 0 bridgehead atoms. The Morgan fingerprint density at radius 1 is 1.31 bits per heavy atom. The van der Waals surface area contributed by atoms with Gasteiger partial charge in [0.1, 0.15) is 5.82 Å². The predicted octanol–water partition coefficient (Wildman–Crippen LogP) is 0.720. The van der Waals surface area contributed by atoms with E-state index in [1.165, 1.54) is 23.5 Å². The van der Waals surface area contributed by atoms with Gasteiger partial charge in [0, 0.05) is 10.2 Å². The van der Waals surface area contributed by atoms with Crippen LogP contribution in [-0.2, 0) is 0 Å². The molecule has 0 radical (unpaired) electrons. The quantitative estimate of drug-likeness (QED) is 0.659. The van der Waals surface area contributed by atoms with Crippen molar-refractivity contribution in [2.24, 2.45) is 0 Å². The van der Waals surface area contributed by atoms with Crippen molar-refractivity contribution in [3.05, 3.63) is 29.4 Å². The number of rotatable bonds is 1. The summed E-state index contributed by atoms with van der Waals surface area (Å²) in [5.41, 5.74) is -0.0741. The van der Waals surface area contributed by atoms with E-state index in [2.05, 4.69) is 0 Å². The summed E-state index contributed by atoms with van der Waals surface area (Å²) in [5, 5.41) is 20.3. The van der Waals surface area contributed by atoms with Crippen molar-refractivity contribution in [2.45, 2.75) is 0 Å². The highest BCUT2D eigenvalue weighted by Crippen LogP contribution is 2.20. The van der Waals surface area contributed by atoms with Gasteiger partial charge in [0.15, 0.2) is 0 Å². The zero-order valence-electron chi connectivity index (χ0n) is 6.57. The Balaban J connectivity index is 2.69. The monoisotopic (exact) mass is 196 g/mol. The summed E-state index contributed by atoms with van der Waals surface area (Å²) in [6.45, 7) is 0. The van der Waals surface area contributed by atoms with Crippen LogP contribution < -0.4 is 5.46 Å². The van der Waals surface area contributed by atoms with E-state index in [1.54, 1.807) is 6.07 Å². The van der Waals surface area contributed by atoms with E-state index in [4.69, 9.17) is 10.0 Å². The molecule has 5 heteroatoms. The predicted molar refractivity (Wildman–Crippen MR) is 51.6 cm³/mol. The Bertz CT molecular complexity index is 441. The van der Waals surface area contributed by atoms with E-state index >= 15 is 0 Å². The summed E-state index contributed by atoms with van der Waals surface area (Å²) in [7, 11) is -1.74. The third kappa shape index (κ3) is 1.46. The maximum absolute atomic E-state index is 13.1. The van der Waals surface area contributed by atoms with Crippen molar-refractivity contribution in [1.82, 2.24) is 0 Å². The summed E-state index contributed by atoms with van der Waals surface area (Å²) >= 11 is 1.44. The number of thiophene rings is 1. The van der Waals surface area contributed by atoms with Crippen LogP contribution in [0, 0.1) is 5.82 Å². The van der Waals surface area contributed by atoms with Crippen molar-refractivity contribution >= 4 is 34.0 Å². The largest absolute Gasteiger partial charge is 0.491 e. The minimum atomic E-state index is -1.74. The highest BCUT2D eigenvalue weighted by Gasteiger charge is 2.17. The van der Waals surface area contributed by atoms with Crippen LogP contribution in [0.2, 0.25) is 0 Å². The molecular formula is C8H6BFO2S. The van der Waals surface area contributed by atoms with Gasteiger partial charge >= 0.3 is 7.12 Å². The Labute approximate surface area is 78.4 Å². The minimum absolute atomic E-state index is 0.0741. The molecule has 1 aromatic heterocycles. The van der Waals surface area contributed by atoms with E-state index < -0.39 is 12.9 Å². The lowest BCUT2D eigenvalue weighted by atomic mass is 9.80. The van der Waals surface area contributed by atoms with Gasteiger partial charge < -0.3 is 10.0 Å². The SMILES string of the molecule is OB(O)c1cc2sccc2cc1F. The van der Waals surface area contributed by atoms with Crippen LogP contribution >= 0.6 is 11.3 Å². The smallest absolute Gasteiger partial charge is 0.423 e. The first-order valence-corrected chi connectivity index (χ1v) is 4.59. The fourth-order valence-corrected chi connectivity index (χ4v) is 2.01. The second-order valence-electron chi connectivity index (χ2n) is 2.71. The lowest BCUT2D eigenvalue weighted by Crippen LogP contribution is -2.32. The van der Waals surface area contributed by atoms with Crippen molar-refractivity contribution in [1.29, 1.82) is 0 Å². The first kappa shape index (κ1) is 8.68. The fourth-order valence-electron chi connectivity index (χ4n) is 1.20. The number of hydrogen-bond acceptors (Lipinski definition) is 3. The minimum Gasteiger partial charge on any atom is -0.423 e. The van der Waals surface area contributed by atoms with E-state index in [9.17, 15) is 4.39 Å². The second-order valence-corrected chi connectivity index (χ2v) is 3.65. The topological polar surface area (TPSA) is 40.5 Å². The van der Waals surface area contributed by atoms with Crippen molar-refractivity contribution in [3.8, 4) is 0 Å². The van der Waals surface area contributed by atoms with Gasteiger partial charge in [-0.15, -0.1) is 11.3 Å². The number of benzene rings is 1. The van der Waals surface area contributed by atoms with Crippen LogP contribution in [-0.4, -0.2) is 17.2 Å². The second kappa shape index (κ2) is 3.10. The highest BCUT2D eigenvalue weighted by molar-refractivity contribution is 7.17. The third-order valence-electron chi connectivity index (χ3n) is 1.85. The molecule has 2 N–H and O–H groups in total. The number of fused-ring (bicyclic) bond motifs is 1. The molecule has 2 aromatic rings. The van der Waals surface area contributed by atoms with Gasteiger partial charge in [-0.3, -0.25) is 0 Å². The Morgan fingerprint density at radius 2 is 2.08 bits per heavy atom. The normalized spacial score (nSPS) is 10.7. The maximum atomic E-state index is 13.1. The van der Waals surface area contributed by atoms with Gasteiger partial charge in [-0.25, -0.2) is 4.39 Å². The van der Waals surface area contributed by atoms with Crippen molar-refractivity contribution < 1.29 is 14.4 Å². The van der Waals surface area contributed by atoms with E-state index in [1.807, 2.05) is 5.38 Å². The lowest BCUT2D eigenvalue weighted by Gasteiger charge is -2.00. The lowest BCUT2D eigenvalue weighted by molar-refractivity contribution is 0.423. The summed E-state index contributed by atoms with van der Waals surface area (Å²) in [5.74, 6) is -0.582. The van der Waals surface area contributed by atoms with Crippen molar-refractivity contribution in [2.75, 3.05) is 0 Å². The molecule has 0 aliphatic heterocycles. The van der Waals surface area contributed by atoms with E-state index in [0.29, 0.717) is 0 Å². The first-order valence-electron chi connectivity index (χ1n) is 3.71. The van der Waals surface area contributed by atoms with Gasteiger partial charge in [0.2, 0.25) is 0 Å². The molecule has 0 aliphatic rings. The molecule has 0 saturated carbocycles. The van der Waals surface area contributed by atoms with Gasteiger partial charge in [-0.1, -0.05) is 0 Å². The molecule has 1 heterocycles. The number of halogens is 1. The van der Waals surface area contributed by atoms with Gasteiger partial charge in [0.05, 0.1) is 0 Å². The fraction of sp³-hybridized carbons (Fsp3) is 0. The maximum Gasteiger partial charge on any atom is 0.491 e. The Morgan fingerprint density at radius 3 is 2.77 bits per heavy atom. The Kier molecular flexibility index (Phi) is 2.07. The average molecular weight is 196 g/mol. The summed E-state index contributed by atoms with van der Waals surface area (Å²) in [6, 6.07) is 4.55. The molecule has 1 aromatic carbocycles. The van der Waals surface area contributed by atoms with Crippen LogP contribution in [0.3, 0.4) is 0 Å². The molecule has 0 fully saturated rings. The zero-order valence-corrected chi connectivity index (χ0v) is 7.38. The van der Waals surface area contributed by atoms with Crippen LogP contribution in [0.25, 0.3) is 10.1 Å². The molecule has 0 amide bonds. The highest BCUT2D eigenvalue weighted by atomic mass is 32.1. The molecule has 0 unspecified atom stereocenters. The molecule has 0 atom stereocenters. The molecule has 0 spiro atoms. The van der Waals surface area contributed by atoms with Crippen LogP contribution in [0.5, 0.6) is 0 Å². The van der Waals surface area contributed by atoms with Gasteiger partial charge in [-0.05, 0) is 29.0 Å². The van der Waals surface area contributed by atoms with Gasteiger partial charge in [0.25, 0.3) is 0 Å². The van der Waals surface area contributed by atoms with E-state index in [0.717, 1.165) is 10.1 Å².